The molecule has 168 valence electrons. The molecule has 6 heteroatoms. The van der Waals surface area contributed by atoms with Crippen LogP contribution in [0, 0.1) is 24.7 Å². The Morgan fingerprint density at radius 1 is 1.23 bits per heavy atom. The van der Waals surface area contributed by atoms with E-state index in [-0.39, 0.29) is 34.7 Å². The van der Waals surface area contributed by atoms with Gasteiger partial charge in [-0.25, -0.2) is 0 Å². The summed E-state index contributed by atoms with van der Waals surface area (Å²) < 4.78 is 10.8. The van der Waals surface area contributed by atoms with Gasteiger partial charge in [-0.2, -0.15) is 0 Å². The summed E-state index contributed by atoms with van der Waals surface area (Å²) in [4.78, 5) is 27.1. The number of ketones is 1. The van der Waals surface area contributed by atoms with E-state index in [2.05, 4.69) is 32.2 Å². The maximum Gasteiger partial charge on any atom is 0.224 e. The number of thioether (sulfide) groups is 1. The molecule has 1 aliphatic heterocycles. The molecule has 1 aromatic rings. The van der Waals surface area contributed by atoms with E-state index in [1.165, 1.54) is 0 Å². The fourth-order valence-electron chi connectivity index (χ4n) is 3.86. The van der Waals surface area contributed by atoms with Crippen molar-refractivity contribution in [3.8, 4) is 5.75 Å². The lowest BCUT2D eigenvalue weighted by atomic mass is 9.80. The average molecular weight is 436 g/mol. The molecule has 2 rings (SSSR count). The lowest BCUT2D eigenvalue weighted by molar-refractivity contribution is -0.139. The predicted molar refractivity (Wildman–Crippen MR) is 122 cm³/mol. The number of benzene rings is 1. The second-order valence-corrected chi connectivity index (χ2v) is 9.57. The van der Waals surface area contributed by atoms with Gasteiger partial charge in [0.1, 0.15) is 5.75 Å². The first kappa shape index (κ1) is 24.7. The molecule has 5 unspecified atom stereocenters. The predicted octanol–water partition coefficient (Wildman–Crippen LogP) is 4.65. The van der Waals surface area contributed by atoms with Crippen molar-refractivity contribution in [2.24, 2.45) is 17.8 Å². The molecule has 1 N–H and O–H groups in total. The van der Waals surface area contributed by atoms with Crippen molar-refractivity contribution in [3.63, 3.8) is 0 Å². The zero-order valence-electron chi connectivity index (χ0n) is 19.2. The van der Waals surface area contributed by atoms with Gasteiger partial charge in [0.05, 0.1) is 12.6 Å². The minimum absolute atomic E-state index is 0.00287. The number of nitrogens with one attached hydrogen (secondary N) is 1. The maximum atomic E-state index is 13.2. The number of rotatable bonds is 11. The second kappa shape index (κ2) is 11.8. The molecular formula is C24H37NO4S. The average Bonchev–Trinajstić information content (AvgIpc) is 2.73. The van der Waals surface area contributed by atoms with E-state index in [4.69, 9.17) is 9.47 Å². The smallest absolute Gasteiger partial charge is 0.224 e. The van der Waals surface area contributed by atoms with Gasteiger partial charge in [-0.05, 0) is 49.8 Å². The highest BCUT2D eigenvalue weighted by Gasteiger charge is 2.42. The summed E-state index contributed by atoms with van der Waals surface area (Å²) >= 11 is 1.69. The minimum atomic E-state index is -0.460. The third kappa shape index (κ3) is 6.24. The van der Waals surface area contributed by atoms with Crippen LogP contribution in [-0.2, 0) is 14.3 Å². The summed E-state index contributed by atoms with van der Waals surface area (Å²) in [5.41, 5.74) is 1.15. The van der Waals surface area contributed by atoms with Crippen molar-refractivity contribution < 1.29 is 19.1 Å². The Kier molecular flexibility index (Phi) is 9.69. The van der Waals surface area contributed by atoms with Gasteiger partial charge in [-0.3, -0.25) is 9.59 Å². The molecule has 0 aliphatic carbocycles. The summed E-state index contributed by atoms with van der Waals surface area (Å²) in [5, 5.41) is 3.07. The number of hydrogen-bond donors (Lipinski definition) is 1. The number of piperidine rings is 1. The summed E-state index contributed by atoms with van der Waals surface area (Å²) in [6.07, 6.45) is 2.03. The van der Waals surface area contributed by atoms with Gasteiger partial charge in [-0.15, -0.1) is 11.8 Å². The van der Waals surface area contributed by atoms with Gasteiger partial charge in [0, 0.05) is 36.2 Å². The van der Waals surface area contributed by atoms with Crippen LogP contribution in [-0.4, -0.2) is 43.3 Å². The molecule has 5 nitrogen and oxygen atoms in total. The van der Waals surface area contributed by atoms with Crippen LogP contribution >= 0.6 is 11.8 Å². The second-order valence-electron chi connectivity index (χ2n) is 8.35. The SMILES string of the molecule is CCOc1ccc(C)c(SC(C(C)CC)C2NC(=O)C(C(C)CCOC)CC2=O)c1. The van der Waals surface area contributed by atoms with Crippen LogP contribution in [0.15, 0.2) is 23.1 Å². The molecule has 0 aromatic heterocycles. The molecule has 1 heterocycles. The van der Waals surface area contributed by atoms with Crippen LogP contribution in [0.5, 0.6) is 5.75 Å². The van der Waals surface area contributed by atoms with Gasteiger partial charge in [0.2, 0.25) is 5.91 Å². The van der Waals surface area contributed by atoms with Crippen LogP contribution in [0.2, 0.25) is 0 Å². The van der Waals surface area contributed by atoms with Crippen molar-refractivity contribution in [2.45, 2.75) is 70.1 Å². The number of carbonyl (C=O) groups excluding carboxylic acids is 2. The zero-order chi connectivity index (χ0) is 22.3. The summed E-state index contributed by atoms with van der Waals surface area (Å²) in [7, 11) is 1.66. The third-order valence-electron chi connectivity index (χ3n) is 6.13. The number of hydrogen-bond acceptors (Lipinski definition) is 5. The molecule has 1 saturated heterocycles. The molecule has 0 spiro atoms. The van der Waals surface area contributed by atoms with Crippen molar-refractivity contribution in [2.75, 3.05) is 20.3 Å². The van der Waals surface area contributed by atoms with Crippen molar-refractivity contribution in [3.05, 3.63) is 23.8 Å². The lowest BCUT2D eigenvalue weighted by Gasteiger charge is -2.37. The van der Waals surface area contributed by atoms with Gasteiger partial charge < -0.3 is 14.8 Å². The van der Waals surface area contributed by atoms with E-state index in [9.17, 15) is 9.59 Å². The highest BCUT2D eigenvalue weighted by atomic mass is 32.2. The van der Waals surface area contributed by atoms with Crippen molar-refractivity contribution in [1.29, 1.82) is 0 Å². The Balaban J connectivity index is 2.21. The quantitative estimate of drug-likeness (QED) is 0.513. The molecule has 0 radical (unpaired) electrons. The third-order valence-corrected chi connectivity index (χ3v) is 7.84. The van der Waals surface area contributed by atoms with E-state index in [0.717, 1.165) is 29.1 Å². The van der Waals surface area contributed by atoms with Crippen LogP contribution in [0.3, 0.4) is 0 Å². The van der Waals surface area contributed by atoms with Gasteiger partial charge >= 0.3 is 0 Å². The molecule has 1 amide bonds. The molecule has 5 atom stereocenters. The van der Waals surface area contributed by atoms with E-state index in [0.29, 0.717) is 19.6 Å². The van der Waals surface area contributed by atoms with Crippen molar-refractivity contribution >= 4 is 23.5 Å². The van der Waals surface area contributed by atoms with E-state index < -0.39 is 6.04 Å². The highest BCUT2D eigenvalue weighted by molar-refractivity contribution is 8.00. The highest BCUT2D eigenvalue weighted by Crippen LogP contribution is 2.38. The molecule has 0 saturated carbocycles. The monoisotopic (exact) mass is 435 g/mol. The number of carbonyl (C=O) groups is 2. The maximum absolute atomic E-state index is 13.2. The molecule has 1 fully saturated rings. The van der Waals surface area contributed by atoms with Crippen LogP contribution in [0.4, 0.5) is 0 Å². The Hall–Kier alpha value is -1.53. The summed E-state index contributed by atoms with van der Waals surface area (Å²) in [6.45, 7) is 11.6. The molecule has 0 bridgehead atoms. The molecular weight excluding hydrogens is 398 g/mol. The number of Topliss-reactive ketones (excluding diaryl/α,β-unsaturated/α-hetero) is 1. The summed E-state index contributed by atoms with van der Waals surface area (Å²) in [6, 6.07) is 5.61. The van der Waals surface area contributed by atoms with E-state index in [1.807, 2.05) is 26.0 Å². The summed E-state index contributed by atoms with van der Waals surface area (Å²) in [5.74, 6) is 1.10. The van der Waals surface area contributed by atoms with Crippen molar-refractivity contribution in [1.82, 2.24) is 5.32 Å². The first-order valence-electron chi connectivity index (χ1n) is 11.0. The van der Waals surface area contributed by atoms with Gasteiger partial charge in [0.15, 0.2) is 5.78 Å². The Morgan fingerprint density at radius 2 is 1.97 bits per heavy atom. The normalized spacial score (nSPS) is 22.3. The Labute approximate surface area is 185 Å². The Bertz CT molecular complexity index is 723. The van der Waals surface area contributed by atoms with Gasteiger partial charge in [0.25, 0.3) is 0 Å². The number of methoxy groups -OCH3 is 1. The zero-order valence-corrected chi connectivity index (χ0v) is 20.0. The number of aryl methyl sites for hydroxylation is 1. The van der Waals surface area contributed by atoms with Crippen LogP contribution in [0.1, 0.15) is 52.5 Å². The van der Waals surface area contributed by atoms with Gasteiger partial charge in [-0.1, -0.05) is 33.3 Å². The molecule has 30 heavy (non-hydrogen) atoms. The molecule has 1 aliphatic rings. The van der Waals surface area contributed by atoms with Crippen LogP contribution < -0.4 is 10.1 Å². The fraction of sp³-hybridized carbons (Fsp3) is 0.667. The van der Waals surface area contributed by atoms with Crippen LogP contribution in [0.25, 0.3) is 0 Å². The van der Waals surface area contributed by atoms with E-state index in [1.54, 1.807) is 18.9 Å². The van der Waals surface area contributed by atoms with E-state index >= 15 is 0 Å². The first-order chi connectivity index (χ1) is 14.3. The minimum Gasteiger partial charge on any atom is -0.494 e. The number of ether oxygens (including phenoxy) is 2. The Morgan fingerprint density at radius 3 is 2.60 bits per heavy atom. The fourth-order valence-corrected chi connectivity index (χ4v) is 5.37. The first-order valence-corrected chi connectivity index (χ1v) is 11.9. The topological polar surface area (TPSA) is 64.6 Å². The molecule has 1 aromatic carbocycles. The largest absolute Gasteiger partial charge is 0.494 e. The standard InChI is InChI=1S/C24H37NO4S/c1-7-15(3)23(30-21-13-18(29-8-2)10-9-17(21)5)22-20(26)14-19(24(27)25-22)16(4)11-12-28-6/h9-10,13,15-16,19,22-23H,7-8,11-12,14H2,1-6H3,(H,25,27). The number of amides is 1. The lowest BCUT2D eigenvalue weighted by Crippen LogP contribution is -2.57.